The number of carbonyl (C=O) groups is 3. The quantitative estimate of drug-likeness (QED) is 0.255. The zero-order chi connectivity index (χ0) is 28.1. The van der Waals surface area contributed by atoms with Crippen LogP contribution < -0.4 is 16.8 Å². The number of nitrogen functional groups attached to an aromatic ring is 1. The van der Waals surface area contributed by atoms with Crippen LogP contribution in [-0.2, 0) is 6.54 Å². The lowest BCUT2D eigenvalue weighted by molar-refractivity contribution is 0.0535. The van der Waals surface area contributed by atoms with Gasteiger partial charge in [-0.1, -0.05) is 12.1 Å². The molecular formula is C27H35N9O3. The number of rotatable bonds is 6. The van der Waals surface area contributed by atoms with E-state index in [1.165, 1.54) is 0 Å². The van der Waals surface area contributed by atoms with Gasteiger partial charge in [0.05, 0.1) is 0 Å². The van der Waals surface area contributed by atoms with E-state index in [0.29, 0.717) is 68.1 Å². The Kier molecular flexibility index (Phi) is 8.45. The smallest absolute Gasteiger partial charge is 0.254 e. The summed E-state index contributed by atoms with van der Waals surface area (Å²) in [7, 11) is 1.56. The van der Waals surface area contributed by atoms with E-state index in [9.17, 15) is 14.4 Å². The Labute approximate surface area is 227 Å². The number of amides is 3. The first-order valence-corrected chi connectivity index (χ1v) is 12.9. The molecule has 206 valence electrons. The Balaban J connectivity index is 1.42. The van der Waals surface area contributed by atoms with Crippen molar-refractivity contribution in [2.24, 2.45) is 11.5 Å². The normalized spacial score (nSPS) is 16.1. The van der Waals surface area contributed by atoms with Crippen LogP contribution in [0.25, 0.3) is 0 Å². The Morgan fingerprint density at radius 3 is 1.72 bits per heavy atom. The van der Waals surface area contributed by atoms with E-state index in [4.69, 9.17) is 22.3 Å². The molecule has 0 saturated carbocycles. The fourth-order valence-corrected chi connectivity index (χ4v) is 4.86. The fraction of sp³-hybridized carbons (Fsp3) is 0.370. The molecule has 2 saturated heterocycles. The molecule has 2 aliphatic rings. The minimum absolute atomic E-state index is 0.0553. The molecule has 2 aromatic rings. The van der Waals surface area contributed by atoms with Crippen LogP contribution in [0, 0.1) is 10.8 Å². The average Bonchev–Trinajstić information content (AvgIpc) is 2.96. The van der Waals surface area contributed by atoms with Crippen LogP contribution in [-0.4, -0.2) is 109 Å². The van der Waals surface area contributed by atoms with Crippen molar-refractivity contribution in [3.8, 4) is 0 Å². The van der Waals surface area contributed by atoms with Gasteiger partial charge in [-0.15, -0.1) is 0 Å². The van der Waals surface area contributed by atoms with Crippen LogP contribution in [0.3, 0.4) is 0 Å². The molecule has 3 amide bonds. The summed E-state index contributed by atoms with van der Waals surface area (Å²) in [4.78, 5) is 46.3. The Hall–Kier alpha value is -4.45. The molecule has 12 heteroatoms. The van der Waals surface area contributed by atoms with Crippen LogP contribution in [0.4, 0.5) is 0 Å². The fourth-order valence-electron chi connectivity index (χ4n) is 4.86. The summed E-state index contributed by atoms with van der Waals surface area (Å²) in [5.41, 5.74) is 13.9. The lowest BCUT2D eigenvalue weighted by Gasteiger charge is -2.35. The SMILES string of the molecule is CNC(=O)c1cc(CN2CCN(C(=N)N)CC2)cc(C(=O)N2CCN(C(=O)c3ccc(C(=N)N)cc3)CC2)c1. The first kappa shape index (κ1) is 27.6. The summed E-state index contributed by atoms with van der Waals surface area (Å²) in [6.45, 7) is 4.86. The van der Waals surface area contributed by atoms with Gasteiger partial charge in [-0.25, -0.2) is 0 Å². The third kappa shape index (κ3) is 6.52. The molecule has 0 aromatic heterocycles. The van der Waals surface area contributed by atoms with Crippen LogP contribution in [0.15, 0.2) is 42.5 Å². The van der Waals surface area contributed by atoms with Crippen LogP contribution in [0.1, 0.15) is 42.2 Å². The van der Waals surface area contributed by atoms with Crippen LogP contribution in [0.2, 0.25) is 0 Å². The Morgan fingerprint density at radius 2 is 1.21 bits per heavy atom. The first-order chi connectivity index (χ1) is 18.7. The van der Waals surface area contributed by atoms with Gasteiger partial charge in [0.25, 0.3) is 17.7 Å². The van der Waals surface area contributed by atoms with Crippen molar-refractivity contribution >= 4 is 29.5 Å². The number of amidine groups is 1. The summed E-state index contributed by atoms with van der Waals surface area (Å²) in [6, 6.07) is 11.9. The van der Waals surface area contributed by atoms with Crippen LogP contribution >= 0.6 is 0 Å². The lowest BCUT2D eigenvalue weighted by Crippen LogP contribution is -2.50. The summed E-state index contributed by atoms with van der Waals surface area (Å²) in [6.07, 6.45) is 0. The van der Waals surface area contributed by atoms with Crippen molar-refractivity contribution in [3.63, 3.8) is 0 Å². The van der Waals surface area contributed by atoms with Gasteiger partial charge in [-0.2, -0.15) is 0 Å². The second-order valence-electron chi connectivity index (χ2n) is 9.72. The van der Waals surface area contributed by atoms with Crippen molar-refractivity contribution in [1.29, 1.82) is 10.8 Å². The molecule has 7 N–H and O–H groups in total. The van der Waals surface area contributed by atoms with Gasteiger partial charge < -0.3 is 31.5 Å². The molecule has 2 aromatic carbocycles. The highest BCUT2D eigenvalue weighted by molar-refractivity contribution is 6.00. The maximum atomic E-state index is 13.5. The molecule has 0 spiro atoms. The van der Waals surface area contributed by atoms with E-state index in [1.807, 2.05) is 11.0 Å². The predicted octanol–water partition coefficient (Wildman–Crippen LogP) is -0.0605. The van der Waals surface area contributed by atoms with Crippen molar-refractivity contribution in [2.75, 3.05) is 59.4 Å². The Bertz CT molecular complexity index is 1260. The third-order valence-electron chi connectivity index (χ3n) is 7.15. The zero-order valence-electron chi connectivity index (χ0n) is 22.1. The van der Waals surface area contributed by atoms with E-state index in [2.05, 4.69) is 10.2 Å². The second-order valence-corrected chi connectivity index (χ2v) is 9.72. The molecule has 4 rings (SSSR count). The number of hydrogen-bond donors (Lipinski definition) is 5. The molecule has 0 unspecified atom stereocenters. The lowest BCUT2D eigenvalue weighted by atomic mass is 10.0. The predicted molar refractivity (Wildman–Crippen MR) is 148 cm³/mol. The van der Waals surface area contributed by atoms with E-state index in [-0.39, 0.29) is 29.5 Å². The second kappa shape index (κ2) is 11.9. The maximum absolute atomic E-state index is 13.5. The number of carbonyl (C=O) groups excluding carboxylic acids is 3. The molecule has 0 bridgehead atoms. The minimum Gasteiger partial charge on any atom is -0.384 e. The van der Waals surface area contributed by atoms with Crippen molar-refractivity contribution in [2.45, 2.75) is 6.54 Å². The number of nitrogens with zero attached hydrogens (tertiary/aromatic N) is 4. The zero-order valence-corrected chi connectivity index (χ0v) is 22.1. The van der Waals surface area contributed by atoms with E-state index < -0.39 is 0 Å². The highest BCUT2D eigenvalue weighted by Crippen LogP contribution is 2.18. The molecule has 12 nitrogen and oxygen atoms in total. The molecular weight excluding hydrogens is 498 g/mol. The molecule has 0 atom stereocenters. The monoisotopic (exact) mass is 533 g/mol. The van der Waals surface area contributed by atoms with E-state index >= 15 is 0 Å². The number of nitrogens with two attached hydrogens (primary N) is 2. The highest BCUT2D eigenvalue weighted by atomic mass is 16.2. The molecule has 2 fully saturated rings. The van der Waals surface area contributed by atoms with Gasteiger partial charge in [0, 0.05) is 88.2 Å². The summed E-state index contributed by atoms with van der Waals surface area (Å²) in [5, 5.41) is 17.7. The van der Waals surface area contributed by atoms with Gasteiger partial charge >= 0.3 is 0 Å². The molecule has 0 radical (unpaired) electrons. The van der Waals surface area contributed by atoms with Crippen molar-refractivity contribution < 1.29 is 14.4 Å². The average molecular weight is 534 g/mol. The Morgan fingerprint density at radius 1 is 0.718 bits per heavy atom. The molecule has 39 heavy (non-hydrogen) atoms. The number of nitrogens with one attached hydrogen (secondary N) is 3. The number of hydrogen-bond acceptors (Lipinski definition) is 6. The van der Waals surface area contributed by atoms with Crippen molar-refractivity contribution in [1.82, 2.24) is 24.9 Å². The summed E-state index contributed by atoms with van der Waals surface area (Å²) < 4.78 is 0. The molecule has 2 heterocycles. The minimum atomic E-state index is -0.265. The van der Waals surface area contributed by atoms with Gasteiger partial charge in [0.1, 0.15) is 5.84 Å². The summed E-state index contributed by atoms with van der Waals surface area (Å²) >= 11 is 0. The maximum Gasteiger partial charge on any atom is 0.254 e. The summed E-state index contributed by atoms with van der Waals surface area (Å²) in [5.74, 6) is -0.567. The molecule has 2 aliphatic heterocycles. The number of benzene rings is 2. The van der Waals surface area contributed by atoms with Gasteiger partial charge in [0.2, 0.25) is 0 Å². The first-order valence-electron chi connectivity index (χ1n) is 12.9. The van der Waals surface area contributed by atoms with Gasteiger partial charge in [-0.05, 0) is 35.9 Å². The highest BCUT2D eigenvalue weighted by Gasteiger charge is 2.27. The van der Waals surface area contributed by atoms with E-state index in [1.54, 1.807) is 53.2 Å². The van der Waals surface area contributed by atoms with Crippen molar-refractivity contribution in [3.05, 3.63) is 70.3 Å². The molecule has 0 aliphatic carbocycles. The third-order valence-corrected chi connectivity index (χ3v) is 7.15. The topological polar surface area (TPSA) is 176 Å². The van der Waals surface area contributed by atoms with E-state index in [0.717, 1.165) is 18.7 Å². The van der Waals surface area contributed by atoms with Crippen LogP contribution in [0.5, 0.6) is 0 Å². The number of piperazine rings is 2. The largest absolute Gasteiger partial charge is 0.384 e. The standard InChI is InChI=1S/C27H35N9O3/c1-32-24(37)21-14-18(17-33-6-8-36(9-7-33)27(30)31)15-22(16-21)26(39)35-12-10-34(11-13-35)25(38)20-4-2-19(3-5-20)23(28)29/h2-5,14-16H,6-13,17H2,1H3,(H3,28,29)(H3,30,31)(H,32,37). The van der Waals surface area contributed by atoms with Gasteiger partial charge in [0.15, 0.2) is 5.96 Å². The van der Waals surface area contributed by atoms with Gasteiger partial charge in [-0.3, -0.25) is 30.1 Å². The number of guanidine groups is 1.